The van der Waals surface area contributed by atoms with Gasteiger partial charge in [-0.15, -0.1) is 0 Å². The summed E-state index contributed by atoms with van der Waals surface area (Å²) in [6.45, 7) is 3.19. The Balaban J connectivity index is 1.56. The number of H-pyrrole nitrogens is 1. The van der Waals surface area contributed by atoms with Crippen LogP contribution in [0.2, 0.25) is 5.02 Å². The average Bonchev–Trinajstić information content (AvgIpc) is 3.41. The van der Waals surface area contributed by atoms with Crippen LogP contribution < -0.4 is 0 Å². The number of benzene rings is 2. The Morgan fingerprint density at radius 2 is 2.00 bits per heavy atom. The molecule has 30 heavy (non-hydrogen) atoms. The highest BCUT2D eigenvalue weighted by Crippen LogP contribution is 2.44. The molecular weight excluding hydrogens is 398 g/mol. The summed E-state index contributed by atoms with van der Waals surface area (Å²) in [5.74, 6) is 0.107. The van der Waals surface area contributed by atoms with Crippen LogP contribution in [0.3, 0.4) is 0 Å². The highest BCUT2D eigenvalue weighted by atomic mass is 35.5. The van der Waals surface area contributed by atoms with Crippen molar-refractivity contribution in [3.05, 3.63) is 83.0 Å². The molecule has 2 atom stereocenters. The van der Waals surface area contributed by atoms with Crippen molar-refractivity contribution in [1.82, 2.24) is 24.6 Å². The molecule has 0 bridgehead atoms. The van der Waals surface area contributed by atoms with Gasteiger partial charge in [0.2, 0.25) is 5.91 Å². The van der Waals surface area contributed by atoms with Gasteiger partial charge in [-0.3, -0.25) is 9.48 Å². The maximum Gasteiger partial charge on any atom is 0.225 e. The highest BCUT2D eigenvalue weighted by molar-refractivity contribution is 6.31. The minimum Gasteiger partial charge on any atom is -0.356 e. The smallest absolute Gasteiger partial charge is 0.225 e. The lowest BCUT2D eigenvalue weighted by molar-refractivity contribution is -0.134. The number of hydrogen-bond donors (Lipinski definition) is 1. The SMILES string of the molecule is CC1c2[nH]c3ccccc3c2C(c2ccccc2Cl)CN1C(=O)CCn1cncn1. The summed E-state index contributed by atoms with van der Waals surface area (Å²) in [6.07, 6.45) is 3.49. The monoisotopic (exact) mass is 419 g/mol. The van der Waals surface area contributed by atoms with Gasteiger partial charge < -0.3 is 9.88 Å². The van der Waals surface area contributed by atoms with E-state index >= 15 is 0 Å². The molecule has 1 amide bonds. The molecule has 0 saturated heterocycles. The summed E-state index contributed by atoms with van der Waals surface area (Å²) < 4.78 is 1.69. The molecule has 0 radical (unpaired) electrons. The van der Waals surface area contributed by atoms with E-state index in [-0.39, 0.29) is 17.9 Å². The summed E-state index contributed by atoms with van der Waals surface area (Å²) in [7, 11) is 0. The van der Waals surface area contributed by atoms with Crippen molar-refractivity contribution in [2.45, 2.75) is 31.8 Å². The zero-order valence-corrected chi connectivity index (χ0v) is 17.4. The number of nitrogens with one attached hydrogen (secondary N) is 1. The normalized spacial score (nSPS) is 18.5. The molecule has 4 aromatic rings. The first-order chi connectivity index (χ1) is 14.6. The van der Waals surface area contributed by atoms with Crippen LogP contribution >= 0.6 is 11.6 Å². The molecular formula is C23H22ClN5O. The molecule has 2 aromatic carbocycles. The highest BCUT2D eigenvalue weighted by Gasteiger charge is 2.37. The minimum absolute atomic E-state index is 0.0105. The number of nitrogens with zero attached hydrogens (tertiary/aromatic N) is 4. The van der Waals surface area contributed by atoms with Gasteiger partial charge in [-0.2, -0.15) is 5.10 Å². The van der Waals surface area contributed by atoms with E-state index in [0.717, 1.165) is 21.8 Å². The Morgan fingerprint density at radius 3 is 2.80 bits per heavy atom. The van der Waals surface area contributed by atoms with Crippen molar-refractivity contribution in [2.75, 3.05) is 6.54 Å². The Labute approximate surface area is 179 Å². The third kappa shape index (κ3) is 3.17. The zero-order valence-electron chi connectivity index (χ0n) is 16.6. The number of halogens is 1. The molecule has 0 aliphatic carbocycles. The first-order valence-corrected chi connectivity index (χ1v) is 10.5. The van der Waals surface area contributed by atoms with E-state index in [1.54, 1.807) is 11.0 Å². The van der Waals surface area contributed by atoms with Crippen molar-refractivity contribution in [3.8, 4) is 0 Å². The van der Waals surface area contributed by atoms with Crippen molar-refractivity contribution < 1.29 is 4.79 Å². The molecule has 5 rings (SSSR count). The topological polar surface area (TPSA) is 66.8 Å². The van der Waals surface area contributed by atoms with Gasteiger partial charge in [0.1, 0.15) is 12.7 Å². The van der Waals surface area contributed by atoms with Gasteiger partial charge in [-0.1, -0.05) is 48.0 Å². The molecule has 0 spiro atoms. The Kier molecular flexibility index (Phi) is 4.79. The van der Waals surface area contributed by atoms with Crippen molar-refractivity contribution >= 4 is 28.4 Å². The molecule has 1 aliphatic heterocycles. The summed E-state index contributed by atoms with van der Waals surface area (Å²) in [4.78, 5) is 22.7. The second-order valence-electron chi connectivity index (χ2n) is 7.70. The van der Waals surface area contributed by atoms with Crippen LogP contribution in [0.4, 0.5) is 0 Å². The molecule has 7 heteroatoms. The molecule has 3 heterocycles. The fraction of sp³-hybridized carbons (Fsp3) is 0.261. The molecule has 6 nitrogen and oxygen atoms in total. The number of carbonyl (C=O) groups excluding carboxylic acids is 1. The number of aromatic amines is 1. The van der Waals surface area contributed by atoms with E-state index in [1.807, 2.05) is 29.2 Å². The first kappa shape index (κ1) is 18.9. The maximum absolute atomic E-state index is 13.2. The lowest BCUT2D eigenvalue weighted by Gasteiger charge is -2.38. The predicted octanol–water partition coefficient (Wildman–Crippen LogP) is 4.54. The number of amides is 1. The largest absolute Gasteiger partial charge is 0.356 e. The van der Waals surface area contributed by atoms with Crippen LogP contribution in [0, 0.1) is 0 Å². The molecule has 1 N–H and O–H groups in total. The van der Waals surface area contributed by atoms with Gasteiger partial charge in [0.15, 0.2) is 0 Å². The van der Waals surface area contributed by atoms with Gasteiger partial charge in [-0.25, -0.2) is 4.98 Å². The number of carbonyl (C=O) groups is 1. The standard InChI is InChI=1S/C23H22ClN5O/c1-15-23-22(17-7-3-5-9-20(17)27-23)18(16-6-2-4-8-19(16)24)12-29(15)21(30)10-11-28-14-25-13-26-28/h2-9,13-15,18,27H,10-12H2,1H3. The second kappa shape index (κ2) is 7.61. The lowest BCUT2D eigenvalue weighted by atomic mass is 9.83. The Bertz CT molecular complexity index is 1200. The van der Waals surface area contributed by atoms with E-state index in [2.05, 4.69) is 46.3 Å². The minimum atomic E-state index is -0.0469. The summed E-state index contributed by atoms with van der Waals surface area (Å²) >= 11 is 6.60. The number of aromatic nitrogens is 4. The van der Waals surface area contributed by atoms with Gasteiger partial charge in [0.05, 0.1) is 12.6 Å². The van der Waals surface area contributed by atoms with Gasteiger partial charge in [-0.05, 0) is 30.2 Å². The van der Waals surface area contributed by atoms with Crippen LogP contribution in [-0.4, -0.2) is 37.1 Å². The number of fused-ring (bicyclic) bond motifs is 3. The molecule has 1 aliphatic rings. The van der Waals surface area contributed by atoms with E-state index in [1.165, 1.54) is 17.3 Å². The third-order valence-electron chi connectivity index (χ3n) is 6.01. The lowest BCUT2D eigenvalue weighted by Crippen LogP contribution is -2.41. The van der Waals surface area contributed by atoms with Crippen LogP contribution in [0.1, 0.15) is 42.1 Å². The van der Waals surface area contributed by atoms with Crippen LogP contribution in [0.25, 0.3) is 10.9 Å². The summed E-state index contributed by atoms with van der Waals surface area (Å²) in [5.41, 5.74) is 4.46. The van der Waals surface area contributed by atoms with Gasteiger partial charge >= 0.3 is 0 Å². The second-order valence-corrected chi connectivity index (χ2v) is 8.11. The van der Waals surface area contributed by atoms with Crippen molar-refractivity contribution in [3.63, 3.8) is 0 Å². The summed E-state index contributed by atoms with van der Waals surface area (Å²) in [5, 5.41) is 6.02. The average molecular weight is 420 g/mol. The third-order valence-corrected chi connectivity index (χ3v) is 6.36. The molecule has 152 valence electrons. The first-order valence-electron chi connectivity index (χ1n) is 10.1. The molecule has 0 saturated carbocycles. The molecule has 2 unspecified atom stereocenters. The number of hydrogen-bond acceptors (Lipinski definition) is 3. The van der Waals surface area contributed by atoms with Crippen molar-refractivity contribution in [2.24, 2.45) is 0 Å². The summed E-state index contributed by atoms with van der Waals surface area (Å²) in [6, 6.07) is 16.2. The molecule has 2 aromatic heterocycles. The van der Waals surface area contributed by atoms with Crippen LogP contribution in [-0.2, 0) is 11.3 Å². The Hall–Kier alpha value is -3.12. The number of aryl methyl sites for hydroxylation is 1. The zero-order chi connectivity index (χ0) is 20.7. The van der Waals surface area contributed by atoms with Crippen molar-refractivity contribution in [1.29, 1.82) is 0 Å². The van der Waals surface area contributed by atoms with Crippen LogP contribution in [0.15, 0.2) is 61.2 Å². The van der Waals surface area contributed by atoms with Gasteiger partial charge in [0.25, 0.3) is 0 Å². The Morgan fingerprint density at radius 1 is 1.20 bits per heavy atom. The quantitative estimate of drug-likeness (QED) is 0.528. The fourth-order valence-corrected chi connectivity index (χ4v) is 4.79. The van der Waals surface area contributed by atoms with Gasteiger partial charge in [0, 0.05) is 40.5 Å². The predicted molar refractivity (Wildman–Crippen MR) is 116 cm³/mol. The molecule has 0 fully saturated rings. The number of para-hydroxylation sites is 1. The van der Waals surface area contributed by atoms with E-state index < -0.39 is 0 Å². The van der Waals surface area contributed by atoms with Crippen LogP contribution in [0.5, 0.6) is 0 Å². The van der Waals surface area contributed by atoms with E-state index in [4.69, 9.17) is 11.6 Å². The van der Waals surface area contributed by atoms with E-state index in [9.17, 15) is 4.79 Å². The number of rotatable bonds is 4. The van der Waals surface area contributed by atoms with E-state index in [0.29, 0.717) is 19.5 Å². The fourth-order valence-electron chi connectivity index (χ4n) is 4.52. The maximum atomic E-state index is 13.2.